The van der Waals surface area contributed by atoms with Gasteiger partial charge in [0.25, 0.3) is 0 Å². The second-order valence-corrected chi connectivity index (χ2v) is 5.82. The van der Waals surface area contributed by atoms with Crippen molar-refractivity contribution in [3.63, 3.8) is 0 Å². The molecule has 1 fully saturated rings. The average molecular weight is 373 g/mol. The molecule has 12 heteroatoms. The largest absolute Gasteiger partial charge is 0.480 e. The number of hydrogen-bond donors (Lipinski definition) is 6. The summed E-state index contributed by atoms with van der Waals surface area (Å²) >= 11 is 0. The van der Waals surface area contributed by atoms with Crippen LogP contribution in [0.15, 0.2) is 0 Å². The summed E-state index contributed by atoms with van der Waals surface area (Å²) in [6.45, 7) is -1.06. The Morgan fingerprint density at radius 2 is 1.88 bits per heavy atom. The van der Waals surface area contributed by atoms with Gasteiger partial charge in [-0.3, -0.25) is 24.0 Å². The number of carboxylic acids is 1. The molecule has 0 aliphatic carbocycles. The lowest BCUT2D eigenvalue weighted by molar-refractivity contribution is -0.143. The van der Waals surface area contributed by atoms with Crippen LogP contribution >= 0.6 is 0 Å². The summed E-state index contributed by atoms with van der Waals surface area (Å²) in [5.41, 5.74) is 10.5. The Morgan fingerprint density at radius 3 is 2.42 bits per heavy atom. The van der Waals surface area contributed by atoms with E-state index in [9.17, 15) is 24.0 Å². The van der Waals surface area contributed by atoms with Gasteiger partial charge in [0.05, 0.1) is 13.0 Å². The quantitative estimate of drug-likeness (QED) is 0.233. The Morgan fingerprint density at radius 1 is 1.23 bits per heavy atom. The van der Waals surface area contributed by atoms with Crippen LogP contribution in [0, 0.1) is 0 Å². The number of carboxylic acid groups (broad SMARTS) is 1. The highest BCUT2D eigenvalue weighted by atomic mass is 16.4. The first-order valence-corrected chi connectivity index (χ1v) is 7.92. The highest BCUT2D eigenvalue weighted by molar-refractivity contribution is 5.96. The van der Waals surface area contributed by atoms with E-state index < -0.39 is 67.3 Å². The molecule has 3 unspecified atom stereocenters. The molecule has 8 N–H and O–H groups in total. The molecule has 26 heavy (non-hydrogen) atoms. The lowest BCUT2D eigenvalue weighted by Crippen LogP contribution is -2.57. The van der Waals surface area contributed by atoms with E-state index in [1.165, 1.54) is 0 Å². The number of hydrogen-bond acceptors (Lipinski definition) is 7. The van der Waals surface area contributed by atoms with Crippen molar-refractivity contribution >= 4 is 29.6 Å². The Balaban J connectivity index is 2.87. The molecular weight excluding hydrogens is 350 g/mol. The molecular formula is C14H23N5O7. The molecule has 0 bridgehead atoms. The zero-order valence-electron chi connectivity index (χ0n) is 14.0. The molecule has 0 spiro atoms. The number of likely N-dealkylation sites (tertiary alicyclic amines) is 1. The van der Waals surface area contributed by atoms with Gasteiger partial charge in [-0.15, -0.1) is 0 Å². The molecule has 1 aliphatic heterocycles. The third kappa shape index (κ3) is 5.97. The minimum absolute atomic E-state index is 0.196. The van der Waals surface area contributed by atoms with Crippen LogP contribution in [0.5, 0.6) is 0 Å². The lowest BCUT2D eigenvalue weighted by Gasteiger charge is -2.28. The van der Waals surface area contributed by atoms with Crippen molar-refractivity contribution in [2.45, 2.75) is 37.4 Å². The first kappa shape index (κ1) is 21.3. The zero-order chi connectivity index (χ0) is 19.9. The maximum Gasteiger partial charge on any atom is 0.322 e. The summed E-state index contributed by atoms with van der Waals surface area (Å²) in [4.78, 5) is 59.5. The average Bonchev–Trinajstić information content (AvgIpc) is 3.06. The Kier molecular flexibility index (Phi) is 7.93. The molecule has 1 rings (SSSR count). The molecule has 1 heterocycles. The molecule has 0 aromatic rings. The number of amides is 4. The van der Waals surface area contributed by atoms with E-state index in [0.29, 0.717) is 12.8 Å². The second-order valence-electron chi connectivity index (χ2n) is 5.82. The van der Waals surface area contributed by atoms with Crippen molar-refractivity contribution in [1.82, 2.24) is 15.5 Å². The fraction of sp³-hybridized carbons (Fsp3) is 0.643. The molecule has 4 amide bonds. The van der Waals surface area contributed by atoms with Gasteiger partial charge < -0.3 is 37.2 Å². The third-order valence-corrected chi connectivity index (χ3v) is 3.81. The van der Waals surface area contributed by atoms with Gasteiger partial charge in [0, 0.05) is 6.54 Å². The number of aliphatic hydroxyl groups excluding tert-OH is 1. The van der Waals surface area contributed by atoms with Crippen molar-refractivity contribution in [3.05, 3.63) is 0 Å². The molecule has 0 saturated carbocycles. The SMILES string of the molecule is NC(=O)CC(NC(=O)C(N)CO)C(=O)N1CCCC1C(=O)NCC(=O)O. The summed E-state index contributed by atoms with van der Waals surface area (Å²) < 4.78 is 0. The van der Waals surface area contributed by atoms with Crippen LogP contribution in [0.25, 0.3) is 0 Å². The van der Waals surface area contributed by atoms with Gasteiger partial charge in [0.15, 0.2) is 0 Å². The van der Waals surface area contributed by atoms with Crippen LogP contribution < -0.4 is 22.1 Å². The Bertz CT molecular complexity index is 582. The summed E-state index contributed by atoms with van der Waals surface area (Å²) in [5.74, 6) is -4.29. The van der Waals surface area contributed by atoms with Crippen molar-refractivity contribution in [3.8, 4) is 0 Å². The van der Waals surface area contributed by atoms with Crippen LogP contribution in [0.2, 0.25) is 0 Å². The number of nitrogens with zero attached hydrogens (tertiary/aromatic N) is 1. The van der Waals surface area contributed by atoms with Crippen LogP contribution in [-0.2, 0) is 24.0 Å². The van der Waals surface area contributed by atoms with Gasteiger partial charge in [-0.25, -0.2) is 0 Å². The standard InChI is InChI=1S/C14H23N5O7/c15-7(6-20)12(24)18-8(4-10(16)21)14(26)19-3-1-2-9(19)13(25)17-5-11(22)23/h7-9,20H,1-6,15H2,(H2,16,21)(H,17,25)(H,18,24)(H,22,23). The number of carbonyl (C=O) groups excluding carboxylic acids is 4. The van der Waals surface area contributed by atoms with Crippen LogP contribution in [0.4, 0.5) is 0 Å². The predicted molar refractivity (Wildman–Crippen MR) is 86.2 cm³/mol. The number of nitrogens with one attached hydrogen (secondary N) is 2. The summed E-state index contributed by atoms with van der Waals surface area (Å²) in [5, 5.41) is 21.9. The van der Waals surface area contributed by atoms with E-state index in [2.05, 4.69) is 10.6 Å². The number of rotatable bonds is 9. The van der Waals surface area contributed by atoms with Gasteiger partial charge in [-0.2, -0.15) is 0 Å². The number of aliphatic hydroxyl groups is 1. The highest BCUT2D eigenvalue weighted by Crippen LogP contribution is 2.19. The Labute approximate surface area is 148 Å². The van der Waals surface area contributed by atoms with E-state index in [1.54, 1.807) is 0 Å². The smallest absolute Gasteiger partial charge is 0.322 e. The third-order valence-electron chi connectivity index (χ3n) is 3.81. The van der Waals surface area contributed by atoms with E-state index in [-0.39, 0.29) is 6.54 Å². The fourth-order valence-electron chi connectivity index (χ4n) is 2.55. The number of primary amides is 1. The number of carbonyl (C=O) groups is 5. The van der Waals surface area contributed by atoms with E-state index in [1.807, 2.05) is 0 Å². The molecule has 12 nitrogen and oxygen atoms in total. The second kappa shape index (κ2) is 9.68. The predicted octanol–water partition coefficient (Wildman–Crippen LogP) is -4.14. The molecule has 1 aliphatic rings. The minimum Gasteiger partial charge on any atom is -0.480 e. The van der Waals surface area contributed by atoms with Gasteiger partial charge in [-0.1, -0.05) is 0 Å². The van der Waals surface area contributed by atoms with Crippen molar-refractivity contribution in [2.75, 3.05) is 19.7 Å². The summed E-state index contributed by atoms with van der Waals surface area (Å²) in [6.07, 6.45) is 0.289. The van der Waals surface area contributed by atoms with Crippen molar-refractivity contribution < 1.29 is 34.2 Å². The highest BCUT2D eigenvalue weighted by Gasteiger charge is 2.38. The van der Waals surface area contributed by atoms with E-state index >= 15 is 0 Å². The van der Waals surface area contributed by atoms with Gasteiger partial charge >= 0.3 is 5.97 Å². The molecule has 0 aromatic carbocycles. The number of aliphatic carboxylic acids is 1. The van der Waals surface area contributed by atoms with Crippen molar-refractivity contribution in [1.29, 1.82) is 0 Å². The number of nitrogens with two attached hydrogens (primary N) is 2. The topological polar surface area (TPSA) is 205 Å². The van der Waals surface area contributed by atoms with Crippen LogP contribution in [-0.4, -0.2) is 82.5 Å². The van der Waals surface area contributed by atoms with Crippen molar-refractivity contribution in [2.24, 2.45) is 11.5 Å². The molecule has 1 saturated heterocycles. The Hall–Kier alpha value is -2.73. The normalized spacial score (nSPS) is 18.7. The monoisotopic (exact) mass is 373 g/mol. The van der Waals surface area contributed by atoms with Gasteiger partial charge in [0.1, 0.15) is 24.7 Å². The molecule has 0 radical (unpaired) electrons. The first-order valence-electron chi connectivity index (χ1n) is 7.92. The van der Waals surface area contributed by atoms with Crippen LogP contribution in [0.3, 0.4) is 0 Å². The summed E-state index contributed by atoms with van der Waals surface area (Å²) in [6, 6.07) is -3.54. The molecule has 0 aromatic heterocycles. The first-order chi connectivity index (χ1) is 12.2. The van der Waals surface area contributed by atoms with E-state index in [0.717, 1.165) is 4.90 Å². The zero-order valence-corrected chi connectivity index (χ0v) is 14.0. The maximum absolute atomic E-state index is 12.7. The van der Waals surface area contributed by atoms with E-state index in [4.69, 9.17) is 21.7 Å². The maximum atomic E-state index is 12.7. The fourth-order valence-corrected chi connectivity index (χ4v) is 2.55. The minimum atomic E-state index is -1.34. The lowest BCUT2D eigenvalue weighted by atomic mass is 10.1. The molecule has 146 valence electrons. The summed E-state index contributed by atoms with van der Waals surface area (Å²) in [7, 11) is 0. The van der Waals surface area contributed by atoms with Crippen LogP contribution in [0.1, 0.15) is 19.3 Å². The van der Waals surface area contributed by atoms with Gasteiger partial charge in [-0.05, 0) is 12.8 Å². The molecule has 3 atom stereocenters. The van der Waals surface area contributed by atoms with Gasteiger partial charge in [0.2, 0.25) is 23.6 Å².